The molecule has 2 aromatic carbocycles. The molecule has 0 bridgehead atoms. The summed E-state index contributed by atoms with van der Waals surface area (Å²) in [6, 6.07) is 11.6. The highest BCUT2D eigenvalue weighted by atomic mass is 19.4. The van der Waals surface area contributed by atoms with Crippen molar-refractivity contribution < 1.29 is 18.3 Å². The minimum atomic E-state index is -4.41. The third-order valence-electron chi connectivity index (χ3n) is 3.24. The van der Waals surface area contributed by atoms with Crippen LogP contribution >= 0.6 is 0 Å². The van der Waals surface area contributed by atoms with Gasteiger partial charge in [-0.2, -0.15) is 13.2 Å². The van der Waals surface area contributed by atoms with Crippen molar-refractivity contribution in [3.63, 3.8) is 0 Å². The van der Waals surface area contributed by atoms with Gasteiger partial charge in [0.25, 0.3) is 0 Å². The van der Waals surface area contributed by atoms with E-state index in [2.05, 4.69) is 10.3 Å². The zero-order valence-electron chi connectivity index (χ0n) is 11.2. The average molecular weight is 304 g/mol. The Morgan fingerprint density at radius 1 is 0.955 bits per heavy atom. The number of pyridine rings is 1. The molecule has 1 heterocycles. The van der Waals surface area contributed by atoms with Crippen molar-refractivity contribution in [2.45, 2.75) is 6.18 Å². The van der Waals surface area contributed by atoms with Crippen molar-refractivity contribution in [3.8, 4) is 5.75 Å². The van der Waals surface area contributed by atoms with E-state index in [4.69, 9.17) is 0 Å². The van der Waals surface area contributed by atoms with Gasteiger partial charge in [-0.25, -0.2) is 0 Å². The van der Waals surface area contributed by atoms with Gasteiger partial charge in [0.2, 0.25) is 0 Å². The van der Waals surface area contributed by atoms with Crippen LogP contribution in [-0.2, 0) is 6.18 Å². The number of hydrogen-bond acceptors (Lipinski definition) is 3. The lowest BCUT2D eigenvalue weighted by Crippen LogP contribution is -2.04. The normalized spacial score (nSPS) is 11.6. The number of para-hydroxylation sites is 2. The molecule has 0 saturated heterocycles. The van der Waals surface area contributed by atoms with Crippen LogP contribution in [0.4, 0.5) is 24.5 Å². The lowest BCUT2D eigenvalue weighted by molar-refractivity contribution is -0.137. The van der Waals surface area contributed by atoms with E-state index in [-0.39, 0.29) is 11.3 Å². The predicted octanol–water partition coefficient (Wildman–Crippen LogP) is 4.70. The summed E-state index contributed by atoms with van der Waals surface area (Å²) < 4.78 is 38.2. The summed E-state index contributed by atoms with van der Waals surface area (Å²) in [5, 5.41) is 13.3. The summed E-state index contributed by atoms with van der Waals surface area (Å²) in [6.45, 7) is 0. The minimum Gasteiger partial charge on any atom is -0.506 e. The van der Waals surface area contributed by atoms with E-state index in [0.29, 0.717) is 16.8 Å². The minimum absolute atomic E-state index is 0.0550. The Balaban J connectivity index is 2.06. The molecule has 3 rings (SSSR count). The molecule has 0 radical (unpaired) electrons. The summed E-state index contributed by atoms with van der Waals surface area (Å²) in [5.74, 6) is 0.0550. The van der Waals surface area contributed by atoms with E-state index >= 15 is 0 Å². The molecule has 3 aromatic rings. The molecule has 0 unspecified atom stereocenters. The van der Waals surface area contributed by atoms with Gasteiger partial charge in [-0.1, -0.05) is 18.2 Å². The molecule has 0 spiro atoms. The second-order valence-electron chi connectivity index (χ2n) is 4.73. The third-order valence-corrected chi connectivity index (χ3v) is 3.24. The molecule has 0 aliphatic heterocycles. The SMILES string of the molecule is Oc1ccccc1Nc1ccnc2cc(C(F)(F)F)ccc12. The average Bonchev–Trinajstić information content (AvgIpc) is 2.48. The summed E-state index contributed by atoms with van der Waals surface area (Å²) in [5.41, 5.74) is 0.526. The molecule has 0 fully saturated rings. The van der Waals surface area contributed by atoms with Gasteiger partial charge in [0.15, 0.2) is 0 Å². The first-order valence-electron chi connectivity index (χ1n) is 6.46. The largest absolute Gasteiger partial charge is 0.506 e. The van der Waals surface area contributed by atoms with Crippen LogP contribution in [0.2, 0.25) is 0 Å². The molecule has 22 heavy (non-hydrogen) atoms. The van der Waals surface area contributed by atoms with Crippen molar-refractivity contribution in [1.29, 1.82) is 0 Å². The fraction of sp³-hybridized carbons (Fsp3) is 0.0625. The van der Waals surface area contributed by atoms with E-state index in [1.807, 2.05) is 0 Å². The maximum Gasteiger partial charge on any atom is 0.416 e. The number of rotatable bonds is 2. The van der Waals surface area contributed by atoms with E-state index in [1.54, 1.807) is 24.3 Å². The maximum atomic E-state index is 12.7. The van der Waals surface area contributed by atoms with E-state index in [0.717, 1.165) is 12.1 Å². The van der Waals surface area contributed by atoms with Gasteiger partial charge < -0.3 is 10.4 Å². The molecule has 0 aliphatic rings. The smallest absolute Gasteiger partial charge is 0.416 e. The van der Waals surface area contributed by atoms with Crippen LogP contribution in [0.5, 0.6) is 5.75 Å². The Kier molecular flexibility index (Phi) is 3.36. The van der Waals surface area contributed by atoms with Gasteiger partial charge in [0, 0.05) is 17.3 Å². The van der Waals surface area contributed by atoms with Crippen LogP contribution < -0.4 is 5.32 Å². The summed E-state index contributed by atoms with van der Waals surface area (Å²) >= 11 is 0. The number of phenolic OH excluding ortho intramolecular Hbond substituents is 1. The number of fused-ring (bicyclic) bond motifs is 1. The number of phenols is 1. The lowest BCUT2D eigenvalue weighted by Gasteiger charge is -2.12. The number of nitrogens with one attached hydrogen (secondary N) is 1. The standard InChI is InChI=1S/C16H11F3N2O/c17-16(18,19)10-5-6-11-12(7-8-20-14(11)9-10)21-13-3-1-2-4-15(13)22/h1-9,22H,(H,20,21). The number of aromatic hydroxyl groups is 1. The maximum absolute atomic E-state index is 12.7. The highest BCUT2D eigenvalue weighted by Gasteiger charge is 2.30. The molecule has 0 saturated carbocycles. The van der Waals surface area contributed by atoms with Gasteiger partial charge in [-0.05, 0) is 30.3 Å². The Labute approximate surface area is 124 Å². The number of nitrogens with zero attached hydrogens (tertiary/aromatic N) is 1. The highest BCUT2D eigenvalue weighted by molar-refractivity contribution is 5.93. The zero-order valence-corrected chi connectivity index (χ0v) is 11.2. The number of hydrogen-bond donors (Lipinski definition) is 2. The van der Waals surface area contributed by atoms with Gasteiger partial charge in [-0.3, -0.25) is 4.98 Å². The molecule has 112 valence electrons. The molecule has 1 aromatic heterocycles. The van der Waals surface area contributed by atoms with Crippen molar-refractivity contribution in [2.75, 3.05) is 5.32 Å². The van der Waals surface area contributed by atoms with Crippen LogP contribution in [-0.4, -0.2) is 10.1 Å². The molecule has 6 heteroatoms. The summed E-state index contributed by atoms with van der Waals surface area (Å²) in [7, 11) is 0. The number of aromatic nitrogens is 1. The summed E-state index contributed by atoms with van der Waals surface area (Å²) in [6.07, 6.45) is -2.98. The van der Waals surface area contributed by atoms with Crippen LogP contribution in [0.25, 0.3) is 10.9 Å². The van der Waals surface area contributed by atoms with Gasteiger partial charge in [0.05, 0.1) is 16.8 Å². The van der Waals surface area contributed by atoms with Crippen molar-refractivity contribution >= 4 is 22.3 Å². The second kappa shape index (κ2) is 5.22. The molecule has 0 aliphatic carbocycles. The van der Waals surface area contributed by atoms with E-state index in [1.165, 1.54) is 18.3 Å². The van der Waals surface area contributed by atoms with Crippen LogP contribution in [0.15, 0.2) is 54.7 Å². The first-order valence-corrected chi connectivity index (χ1v) is 6.46. The first kappa shape index (κ1) is 14.2. The molecule has 3 nitrogen and oxygen atoms in total. The first-order chi connectivity index (χ1) is 10.4. The van der Waals surface area contributed by atoms with E-state index < -0.39 is 11.7 Å². The fourth-order valence-electron chi connectivity index (χ4n) is 2.16. The van der Waals surface area contributed by atoms with E-state index in [9.17, 15) is 18.3 Å². The number of halogens is 3. The van der Waals surface area contributed by atoms with Crippen molar-refractivity contribution in [2.24, 2.45) is 0 Å². The Hall–Kier alpha value is -2.76. The predicted molar refractivity (Wildman–Crippen MR) is 78.1 cm³/mol. The van der Waals surface area contributed by atoms with Gasteiger partial charge >= 0.3 is 6.18 Å². The molecule has 2 N–H and O–H groups in total. The van der Waals surface area contributed by atoms with Gasteiger partial charge in [-0.15, -0.1) is 0 Å². The Bertz CT molecular complexity index is 831. The Morgan fingerprint density at radius 3 is 2.45 bits per heavy atom. The number of benzene rings is 2. The van der Waals surface area contributed by atoms with Gasteiger partial charge in [0.1, 0.15) is 5.75 Å². The number of anilines is 2. The zero-order chi connectivity index (χ0) is 15.7. The summed E-state index contributed by atoms with van der Waals surface area (Å²) in [4.78, 5) is 3.98. The molecular weight excluding hydrogens is 293 g/mol. The van der Waals surface area contributed by atoms with Crippen molar-refractivity contribution in [1.82, 2.24) is 4.98 Å². The monoisotopic (exact) mass is 304 g/mol. The van der Waals surface area contributed by atoms with Crippen LogP contribution in [0.1, 0.15) is 5.56 Å². The number of alkyl halides is 3. The lowest BCUT2D eigenvalue weighted by atomic mass is 10.1. The second-order valence-corrected chi connectivity index (χ2v) is 4.73. The molecule has 0 atom stereocenters. The Morgan fingerprint density at radius 2 is 1.73 bits per heavy atom. The van der Waals surface area contributed by atoms with Crippen LogP contribution in [0, 0.1) is 0 Å². The highest BCUT2D eigenvalue weighted by Crippen LogP contribution is 2.34. The van der Waals surface area contributed by atoms with Crippen LogP contribution in [0.3, 0.4) is 0 Å². The van der Waals surface area contributed by atoms with Crippen molar-refractivity contribution in [3.05, 3.63) is 60.3 Å². The third kappa shape index (κ3) is 2.67. The molecule has 0 amide bonds. The topological polar surface area (TPSA) is 45.1 Å². The quantitative estimate of drug-likeness (QED) is 0.674. The fourth-order valence-corrected chi connectivity index (χ4v) is 2.16. The molecular formula is C16H11F3N2O.